The third-order valence-electron chi connectivity index (χ3n) is 7.80. The van der Waals surface area contributed by atoms with Crippen molar-refractivity contribution in [3.63, 3.8) is 0 Å². The van der Waals surface area contributed by atoms with Crippen molar-refractivity contribution in [3.05, 3.63) is 41.7 Å². The molecule has 9 nitrogen and oxygen atoms in total. The van der Waals surface area contributed by atoms with Gasteiger partial charge in [-0.1, -0.05) is 25.3 Å². The number of amides is 3. The monoisotopic (exact) mass is 533 g/mol. The van der Waals surface area contributed by atoms with E-state index in [1.54, 1.807) is 12.1 Å². The lowest BCUT2D eigenvalue weighted by Crippen LogP contribution is -2.49. The van der Waals surface area contributed by atoms with Crippen molar-refractivity contribution in [1.29, 1.82) is 0 Å². The minimum atomic E-state index is -4.55. The minimum absolute atomic E-state index is 0.0814. The maximum Gasteiger partial charge on any atom is 0.408 e. The Morgan fingerprint density at radius 2 is 1.89 bits per heavy atom. The van der Waals surface area contributed by atoms with Crippen molar-refractivity contribution in [2.75, 3.05) is 23.8 Å². The molecule has 204 valence electrons. The van der Waals surface area contributed by atoms with E-state index in [1.807, 2.05) is 6.07 Å². The Morgan fingerprint density at radius 3 is 2.61 bits per heavy atom. The molecule has 12 heteroatoms. The summed E-state index contributed by atoms with van der Waals surface area (Å²) in [6.07, 6.45) is 1.98. The van der Waals surface area contributed by atoms with E-state index in [2.05, 4.69) is 21.0 Å². The number of nitrogens with zero attached hydrogens (tertiary/aromatic N) is 2. The second-order valence-corrected chi connectivity index (χ2v) is 10.2. The zero-order chi connectivity index (χ0) is 26.9. The number of hydrogen-bond donors (Lipinski definition) is 3. The zero-order valence-corrected chi connectivity index (χ0v) is 20.8. The second-order valence-electron chi connectivity index (χ2n) is 10.2. The highest BCUT2D eigenvalue weighted by atomic mass is 19.4. The van der Waals surface area contributed by atoms with Crippen LogP contribution in [-0.4, -0.2) is 52.9 Å². The zero-order valence-electron chi connectivity index (χ0n) is 20.8. The first-order chi connectivity index (χ1) is 18.2. The Kier molecular flexibility index (Phi) is 7.17. The quantitative estimate of drug-likeness (QED) is 0.523. The average Bonchev–Trinajstić information content (AvgIpc) is 3.44. The molecule has 2 aliphatic heterocycles. The van der Waals surface area contributed by atoms with Crippen molar-refractivity contribution < 1.29 is 32.3 Å². The fraction of sp³-hybridized carbons (Fsp3) is 0.538. The summed E-state index contributed by atoms with van der Waals surface area (Å²) in [5.74, 6) is -1.49. The third kappa shape index (κ3) is 5.27. The van der Waals surface area contributed by atoms with Gasteiger partial charge in [0.05, 0.1) is 5.41 Å². The molecule has 3 amide bonds. The van der Waals surface area contributed by atoms with Gasteiger partial charge in [0.15, 0.2) is 0 Å². The van der Waals surface area contributed by atoms with Gasteiger partial charge >= 0.3 is 6.18 Å². The van der Waals surface area contributed by atoms with Crippen molar-refractivity contribution in [1.82, 2.24) is 15.1 Å². The number of hydrogen-bond acceptors (Lipinski definition) is 5. The molecule has 1 unspecified atom stereocenters. The predicted octanol–water partition coefficient (Wildman–Crippen LogP) is 3.76. The van der Waals surface area contributed by atoms with Gasteiger partial charge in [-0.05, 0) is 55.4 Å². The van der Waals surface area contributed by atoms with Gasteiger partial charge in [-0.15, -0.1) is 0 Å². The molecule has 1 aromatic carbocycles. The van der Waals surface area contributed by atoms with Gasteiger partial charge in [-0.25, -0.2) is 0 Å². The summed E-state index contributed by atoms with van der Waals surface area (Å²) in [6.45, 7) is -0.413. The molecule has 0 radical (unpaired) electrons. The Hall–Kier alpha value is -3.41. The summed E-state index contributed by atoms with van der Waals surface area (Å²) in [4.78, 5) is 39.3. The lowest BCUT2D eigenvalue weighted by Gasteiger charge is -2.31. The topological polar surface area (TPSA) is 114 Å². The van der Waals surface area contributed by atoms with E-state index in [0.717, 1.165) is 31.0 Å². The van der Waals surface area contributed by atoms with Crippen LogP contribution in [0.3, 0.4) is 0 Å². The van der Waals surface area contributed by atoms with Crippen molar-refractivity contribution in [3.8, 4) is 0 Å². The number of alkyl halides is 3. The van der Waals surface area contributed by atoms with Crippen LogP contribution in [0.2, 0.25) is 0 Å². The molecule has 3 N–H and O–H groups in total. The molecule has 1 spiro atoms. The number of fused-ring (bicyclic) bond motifs is 2. The SMILES string of the molecule is O=C(NC(C(=O)Nc1ccc2c(c1)NC(=O)C21CCOCC1)C1CCCCC1)c1ccnn1CC(F)(F)F. The molecular formula is C26H30F3N5O4. The van der Waals surface area contributed by atoms with Gasteiger partial charge < -0.3 is 20.7 Å². The van der Waals surface area contributed by atoms with Gasteiger partial charge in [-0.3, -0.25) is 19.1 Å². The van der Waals surface area contributed by atoms with Gasteiger partial charge in [0.2, 0.25) is 11.8 Å². The Morgan fingerprint density at radius 1 is 1.16 bits per heavy atom. The summed E-state index contributed by atoms with van der Waals surface area (Å²) >= 11 is 0. The molecule has 1 saturated carbocycles. The minimum Gasteiger partial charge on any atom is -0.381 e. The first-order valence-corrected chi connectivity index (χ1v) is 12.9. The van der Waals surface area contributed by atoms with E-state index < -0.39 is 36.0 Å². The number of aromatic nitrogens is 2. The van der Waals surface area contributed by atoms with E-state index in [9.17, 15) is 27.6 Å². The van der Waals surface area contributed by atoms with Crippen LogP contribution in [0.5, 0.6) is 0 Å². The smallest absolute Gasteiger partial charge is 0.381 e. The van der Waals surface area contributed by atoms with Crippen LogP contribution in [0.15, 0.2) is 30.5 Å². The molecule has 2 fully saturated rings. The number of nitrogens with one attached hydrogen (secondary N) is 3. The lowest BCUT2D eigenvalue weighted by molar-refractivity contribution is -0.142. The predicted molar refractivity (Wildman–Crippen MR) is 132 cm³/mol. The van der Waals surface area contributed by atoms with E-state index in [0.29, 0.717) is 55.0 Å². The summed E-state index contributed by atoms with van der Waals surface area (Å²) in [6, 6.07) is 5.52. The molecule has 0 bridgehead atoms. The Labute approximate surface area is 217 Å². The Bertz CT molecular complexity index is 1220. The molecule has 2 aromatic rings. The second kappa shape index (κ2) is 10.4. The van der Waals surface area contributed by atoms with Crippen molar-refractivity contribution in [2.24, 2.45) is 5.92 Å². The first kappa shape index (κ1) is 26.2. The van der Waals surface area contributed by atoms with Gasteiger partial charge in [0, 0.05) is 30.8 Å². The molecule has 1 aromatic heterocycles. The lowest BCUT2D eigenvalue weighted by atomic mass is 9.75. The number of carbonyl (C=O) groups excluding carboxylic acids is 3. The first-order valence-electron chi connectivity index (χ1n) is 12.9. The fourth-order valence-corrected chi connectivity index (χ4v) is 5.84. The molecule has 38 heavy (non-hydrogen) atoms. The molecule has 3 heterocycles. The number of anilines is 2. The van der Waals surface area contributed by atoms with Crippen LogP contribution >= 0.6 is 0 Å². The number of ether oxygens (including phenoxy) is 1. The molecule has 3 aliphatic rings. The molecule has 1 saturated heterocycles. The highest BCUT2D eigenvalue weighted by Gasteiger charge is 2.47. The molecular weight excluding hydrogens is 503 g/mol. The number of carbonyl (C=O) groups is 3. The van der Waals surface area contributed by atoms with Crippen LogP contribution in [0.4, 0.5) is 24.5 Å². The molecule has 1 aliphatic carbocycles. The third-order valence-corrected chi connectivity index (χ3v) is 7.80. The molecule has 1 atom stereocenters. The van der Waals surface area contributed by atoms with E-state index in [4.69, 9.17) is 4.74 Å². The average molecular weight is 534 g/mol. The van der Waals surface area contributed by atoms with Gasteiger partial charge in [0.25, 0.3) is 5.91 Å². The molecule has 5 rings (SSSR count). The van der Waals surface area contributed by atoms with E-state index in [1.165, 1.54) is 6.07 Å². The Balaban J connectivity index is 1.34. The maximum absolute atomic E-state index is 13.5. The van der Waals surface area contributed by atoms with Crippen LogP contribution < -0.4 is 16.0 Å². The number of rotatable bonds is 6. The largest absolute Gasteiger partial charge is 0.408 e. The van der Waals surface area contributed by atoms with E-state index in [-0.39, 0.29) is 17.5 Å². The number of halogens is 3. The summed E-state index contributed by atoms with van der Waals surface area (Å²) in [7, 11) is 0. The van der Waals surface area contributed by atoms with Crippen LogP contribution in [0.1, 0.15) is 61.0 Å². The highest BCUT2D eigenvalue weighted by Crippen LogP contribution is 2.45. The maximum atomic E-state index is 13.5. The van der Waals surface area contributed by atoms with Gasteiger partial charge in [-0.2, -0.15) is 18.3 Å². The van der Waals surface area contributed by atoms with Crippen molar-refractivity contribution in [2.45, 2.75) is 69.1 Å². The van der Waals surface area contributed by atoms with Gasteiger partial charge in [0.1, 0.15) is 18.3 Å². The fourth-order valence-electron chi connectivity index (χ4n) is 5.84. The van der Waals surface area contributed by atoms with Crippen LogP contribution in [0.25, 0.3) is 0 Å². The van der Waals surface area contributed by atoms with Crippen molar-refractivity contribution >= 4 is 29.1 Å². The normalized spacial score (nSPS) is 20.0. The summed E-state index contributed by atoms with van der Waals surface area (Å²) < 4.78 is 44.8. The van der Waals surface area contributed by atoms with Crippen LogP contribution in [0, 0.1) is 5.92 Å². The van der Waals surface area contributed by atoms with Crippen LogP contribution in [-0.2, 0) is 26.3 Å². The number of benzene rings is 1. The van der Waals surface area contributed by atoms with E-state index >= 15 is 0 Å². The summed E-state index contributed by atoms with van der Waals surface area (Å²) in [5.41, 5.74) is 1.06. The summed E-state index contributed by atoms with van der Waals surface area (Å²) in [5, 5.41) is 12.1. The standard InChI is InChI=1S/C26H30F3N5O4/c27-26(28,29)15-34-20(8-11-30-34)22(35)33-21(16-4-2-1-3-5-16)23(36)31-17-6-7-18-19(14-17)32-24(37)25(18)9-12-38-13-10-25/h6-8,11,14,16,21H,1-5,9-10,12-13,15H2,(H,31,36)(H,32,37)(H,33,35). The highest BCUT2D eigenvalue weighted by molar-refractivity contribution is 6.07.